The lowest BCUT2D eigenvalue weighted by molar-refractivity contribution is 0.0588. The Kier molecular flexibility index (Phi) is 6.35. The largest absolute Gasteiger partial charge is 0.381 e. The van der Waals surface area contributed by atoms with Gasteiger partial charge in [-0.1, -0.05) is 12.1 Å². The van der Waals surface area contributed by atoms with E-state index in [1.807, 2.05) is 9.62 Å². The summed E-state index contributed by atoms with van der Waals surface area (Å²) < 4.78 is 83.3. The quantitative estimate of drug-likeness (QED) is 0.469. The Labute approximate surface area is 186 Å². The minimum Gasteiger partial charge on any atom is -0.381 e. The van der Waals surface area contributed by atoms with E-state index in [1.165, 1.54) is 23.0 Å². The predicted octanol–water partition coefficient (Wildman–Crippen LogP) is 4.13. The molecular formula is C20H18F4N4O2S2. The van der Waals surface area contributed by atoms with E-state index in [0.29, 0.717) is 12.1 Å². The topological polar surface area (TPSA) is 74.3 Å². The van der Waals surface area contributed by atoms with E-state index in [0.717, 1.165) is 23.5 Å². The van der Waals surface area contributed by atoms with E-state index in [1.54, 1.807) is 6.07 Å². The normalized spacial score (nSPS) is 14.9. The average molecular weight is 487 g/mol. The van der Waals surface area contributed by atoms with Crippen LogP contribution in [0.25, 0.3) is 0 Å². The van der Waals surface area contributed by atoms with Gasteiger partial charge in [-0.25, -0.2) is 31.0 Å². The van der Waals surface area contributed by atoms with Gasteiger partial charge in [-0.2, -0.15) is 0 Å². The number of rotatable bonds is 8. The predicted molar refractivity (Wildman–Crippen MR) is 113 cm³/mol. The summed E-state index contributed by atoms with van der Waals surface area (Å²) in [6, 6.07) is 6.14. The number of anilines is 2. The molecule has 0 aliphatic carbocycles. The van der Waals surface area contributed by atoms with Gasteiger partial charge in [0.2, 0.25) is 0 Å². The minimum atomic E-state index is -4.54. The fraction of sp³-hybridized carbons (Fsp3) is 0.250. The Bertz CT molecular complexity index is 1190. The smallest absolute Gasteiger partial charge is 0.268 e. The number of alkyl halides is 1. The lowest BCUT2D eigenvalue weighted by atomic mass is 10.0. The van der Waals surface area contributed by atoms with E-state index < -0.39 is 38.5 Å². The zero-order valence-electron chi connectivity index (χ0n) is 16.5. The van der Waals surface area contributed by atoms with E-state index in [-0.39, 0.29) is 36.7 Å². The third-order valence-electron chi connectivity index (χ3n) is 4.93. The summed E-state index contributed by atoms with van der Waals surface area (Å²) in [5, 5.41) is 4.11. The molecule has 0 amide bonds. The van der Waals surface area contributed by atoms with Gasteiger partial charge in [0.1, 0.15) is 23.6 Å². The summed E-state index contributed by atoms with van der Waals surface area (Å²) >= 11 is 1.11. The van der Waals surface area contributed by atoms with Gasteiger partial charge >= 0.3 is 0 Å². The Morgan fingerprint density at radius 1 is 1.12 bits per heavy atom. The second-order valence-corrected chi connectivity index (χ2v) is 9.61. The molecule has 6 nitrogen and oxygen atoms in total. The van der Waals surface area contributed by atoms with Crippen LogP contribution in [-0.4, -0.2) is 37.6 Å². The molecule has 32 heavy (non-hydrogen) atoms. The summed E-state index contributed by atoms with van der Waals surface area (Å²) in [5.74, 6) is -3.18. The van der Waals surface area contributed by atoms with Gasteiger partial charge in [-0.05, 0) is 23.8 Å². The highest BCUT2D eigenvalue weighted by atomic mass is 32.2. The Morgan fingerprint density at radius 3 is 2.47 bits per heavy atom. The SMILES string of the molecule is O=S(=O)(Nc1cscn1)c1c(F)cc(NCc2c(F)cccc2CN2CC(F)C2)cc1F. The molecule has 0 saturated carbocycles. The highest BCUT2D eigenvalue weighted by Gasteiger charge is 2.27. The van der Waals surface area contributed by atoms with Crippen LogP contribution in [0.3, 0.4) is 0 Å². The molecule has 2 aromatic carbocycles. The van der Waals surface area contributed by atoms with Gasteiger partial charge in [0.25, 0.3) is 10.0 Å². The first-order chi connectivity index (χ1) is 15.2. The molecule has 0 spiro atoms. The molecule has 4 rings (SSSR count). The molecule has 0 bridgehead atoms. The van der Waals surface area contributed by atoms with Crippen molar-refractivity contribution >= 4 is 32.9 Å². The third kappa shape index (κ3) is 4.87. The standard InChI is InChI=1S/C20H18F4N4O2S2/c21-13-8-28(9-13)7-12-2-1-3-16(22)15(12)6-25-14-4-17(23)20(18(24)5-14)32(29,30)27-19-10-31-11-26-19/h1-5,10-11,13,25,27H,6-9H2. The molecule has 3 aromatic rings. The van der Waals surface area contributed by atoms with Crippen LogP contribution in [0, 0.1) is 17.5 Å². The highest BCUT2D eigenvalue weighted by Crippen LogP contribution is 2.27. The van der Waals surface area contributed by atoms with Crippen molar-refractivity contribution in [3.63, 3.8) is 0 Å². The summed E-state index contributed by atoms with van der Waals surface area (Å²) in [4.78, 5) is 4.41. The molecule has 1 aliphatic heterocycles. The van der Waals surface area contributed by atoms with Crippen molar-refractivity contribution in [3.05, 3.63) is 69.8 Å². The number of aromatic nitrogens is 1. The Balaban J connectivity index is 1.52. The number of halogens is 4. The van der Waals surface area contributed by atoms with Gasteiger partial charge < -0.3 is 5.32 Å². The van der Waals surface area contributed by atoms with Gasteiger partial charge in [0.15, 0.2) is 10.7 Å². The van der Waals surface area contributed by atoms with Crippen LogP contribution in [0.4, 0.5) is 29.1 Å². The van der Waals surface area contributed by atoms with E-state index in [2.05, 4.69) is 10.3 Å². The first-order valence-electron chi connectivity index (χ1n) is 9.49. The van der Waals surface area contributed by atoms with Gasteiger partial charge in [0, 0.05) is 42.8 Å². The number of sulfonamides is 1. The monoisotopic (exact) mass is 486 g/mol. The molecule has 1 fully saturated rings. The second-order valence-electron chi connectivity index (χ2n) is 7.27. The van der Waals surface area contributed by atoms with Crippen molar-refractivity contribution in [1.29, 1.82) is 0 Å². The number of nitrogens with zero attached hydrogens (tertiary/aromatic N) is 2. The van der Waals surface area contributed by atoms with Crippen LogP contribution in [-0.2, 0) is 23.1 Å². The lowest BCUT2D eigenvalue weighted by Crippen LogP contribution is -2.47. The fourth-order valence-electron chi connectivity index (χ4n) is 3.39. The highest BCUT2D eigenvalue weighted by molar-refractivity contribution is 7.92. The van der Waals surface area contributed by atoms with Gasteiger partial charge in [-0.15, -0.1) is 11.3 Å². The molecule has 0 unspecified atom stereocenters. The van der Waals surface area contributed by atoms with Gasteiger partial charge in [-0.3, -0.25) is 9.62 Å². The zero-order valence-corrected chi connectivity index (χ0v) is 18.1. The van der Waals surface area contributed by atoms with Crippen LogP contribution < -0.4 is 10.0 Å². The maximum Gasteiger partial charge on any atom is 0.268 e. The number of likely N-dealkylation sites (tertiary alicyclic amines) is 1. The number of hydrogen-bond donors (Lipinski definition) is 2. The van der Waals surface area contributed by atoms with Crippen molar-refractivity contribution in [3.8, 4) is 0 Å². The van der Waals surface area contributed by atoms with Gasteiger partial charge in [0.05, 0.1) is 5.51 Å². The van der Waals surface area contributed by atoms with E-state index in [9.17, 15) is 26.0 Å². The van der Waals surface area contributed by atoms with E-state index in [4.69, 9.17) is 0 Å². The van der Waals surface area contributed by atoms with Crippen molar-refractivity contribution in [1.82, 2.24) is 9.88 Å². The number of benzene rings is 2. The summed E-state index contributed by atoms with van der Waals surface area (Å²) in [6.45, 7) is 0.781. The molecule has 1 aliphatic rings. The summed E-state index contributed by atoms with van der Waals surface area (Å²) in [7, 11) is -4.54. The van der Waals surface area contributed by atoms with Crippen molar-refractivity contribution in [2.24, 2.45) is 0 Å². The Hall–Kier alpha value is -2.70. The number of hydrogen-bond acceptors (Lipinski definition) is 6. The van der Waals surface area contributed by atoms with E-state index >= 15 is 0 Å². The maximum absolute atomic E-state index is 14.5. The molecule has 0 atom stereocenters. The molecular weight excluding hydrogens is 468 g/mol. The first kappa shape index (κ1) is 22.5. The first-order valence-corrected chi connectivity index (χ1v) is 11.9. The maximum atomic E-state index is 14.5. The zero-order chi connectivity index (χ0) is 22.9. The van der Waals surface area contributed by atoms with Crippen LogP contribution >= 0.6 is 11.3 Å². The summed E-state index contributed by atoms with van der Waals surface area (Å²) in [6.07, 6.45) is -0.893. The van der Waals surface area contributed by atoms with Crippen molar-refractivity contribution < 1.29 is 26.0 Å². The molecule has 0 radical (unpaired) electrons. The fourth-order valence-corrected chi connectivity index (χ4v) is 5.07. The van der Waals surface area contributed by atoms with Crippen LogP contribution in [0.5, 0.6) is 0 Å². The van der Waals surface area contributed by atoms with Crippen molar-refractivity contribution in [2.45, 2.75) is 24.2 Å². The molecule has 1 aromatic heterocycles. The second kappa shape index (κ2) is 9.04. The third-order valence-corrected chi connectivity index (χ3v) is 6.92. The summed E-state index contributed by atoms with van der Waals surface area (Å²) in [5.41, 5.74) is 2.20. The molecule has 12 heteroatoms. The molecule has 170 valence electrons. The molecule has 1 saturated heterocycles. The molecule has 2 N–H and O–H groups in total. The Morgan fingerprint density at radius 2 is 1.84 bits per heavy atom. The lowest BCUT2D eigenvalue weighted by Gasteiger charge is -2.34. The van der Waals surface area contributed by atoms with Crippen LogP contribution in [0.2, 0.25) is 0 Å². The van der Waals surface area contributed by atoms with Crippen LogP contribution in [0.15, 0.2) is 46.1 Å². The average Bonchev–Trinajstić information content (AvgIpc) is 3.17. The number of nitrogens with one attached hydrogen (secondary N) is 2. The number of thiazole rings is 1. The minimum absolute atomic E-state index is 0.0515. The van der Waals surface area contributed by atoms with Crippen LogP contribution in [0.1, 0.15) is 11.1 Å². The molecule has 2 heterocycles. The van der Waals surface area contributed by atoms with Crippen molar-refractivity contribution in [2.75, 3.05) is 23.1 Å².